The Labute approximate surface area is 141 Å². The van der Waals surface area contributed by atoms with Crippen molar-refractivity contribution in [2.24, 2.45) is 0 Å². The van der Waals surface area contributed by atoms with Gasteiger partial charge < -0.3 is 15.4 Å². The number of benzene rings is 2. The number of aryl methyl sites for hydroxylation is 2. The molecule has 0 spiro atoms. The maximum atomic E-state index is 5.28. The number of ether oxygens (including phenoxy) is 1. The highest BCUT2D eigenvalue weighted by Crippen LogP contribution is 2.24. The van der Waals surface area contributed by atoms with Crippen molar-refractivity contribution in [2.75, 3.05) is 17.7 Å². The topological polar surface area (TPSA) is 59.1 Å². The van der Waals surface area contributed by atoms with Gasteiger partial charge in [-0.25, -0.2) is 4.98 Å². The highest BCUT2D eigenvalue weighted by molar-refractivity contribution is 5.62. The van der Waals surface area contributed by atoms with E-state index < -0.39 is 0 Å². The van der Waals surface area contributed by atoms with Gasteiger partial charge in [-0.15, -0.1) is 0 Å². The van der Waals surface area contributed by atoms with Gasteiger partial charge in [-0.2, -0.15) is 4.98 Å². The summed E-state index contributed by atoms with van der Waals surface area (Å²) in [6, 6.07) is 15.8. The van der Waals surface area contributed by atoms with Gasteiger partial charge >= 0.3 is 0 Å². The zero-order valence-electron chi connectivity index (χ0n) is 14.0. The minimum Gasteiger partial charge on any atom is -0.496 e. The Hall–Kier alpha value is -3.08. The smallest absolute Gasteiger partial charge is 0.229 e. The van der Waals surface area contributed by atoms with Crippen LogP contribution in [0.2, 0.25) is 0 Å². The van der Waals surface area contributed by atoms with Crippen LogP contribution in [0.15, 0.2) is 54.7 Å². The summed E-state index contributed by atoms with van der Waals surface area (Å²) in [4.78, 5) is 8.93. The van der Waals surface area contributed by atoms with Gasteiger partial charge in [0.25, 0.3) is 0 Å². The number of para-hydroxylation sites is 1. The van der Waals surface area contributed by atoms with E-state index in [9.17, 15) is 0 Å². The second-order valence-corrected chi connectivity index (χ2v) is 5.53. The summed E-state index contributed by atoms with van der Waals surface area (Å²) in [7, 11) is 1.67. The fourth-order valence-corrected chi connectivity index (χ4v) is 2.37. The first-order valence-corrected chi connectivity index (χ1v) is 7.73. The Morgan fingerprint density at radius 1 is 0.875 bits per heavy atom. The summed E-state index contributed by atoms with van der Waals surface area (Å²) in [5.74, 6) is 2.18. The third kappa shape index (κ3) is 3.63. The van der Waals surface area contributed by atoms with E-state index in [1.165, 1.54) is 0 Å². The Kier molecular flexibility index (Phi) is 4.61. The van der Waals surface area contributed by atoms with Gasteiger partial charge in [0.2, 0.25) is 5.95 Å². The minimum atomic E-state index is 0.545. The first-order valence-electron chi connectivity index (χ1n) is 7.73. The molecule has 0 saturated heterocycles. The molecule has 1 aromatic heterocycles. The summed E-state index contributed by atoms with van der Waals surface area (Å²) < 4.78 is 5.28. The molecule has 5 heteroatoms. The summed E-state index contributed by atoms with van der Waals surface area (Å²) in [6.07, 6.45) is 1.80. The molecule has 3 rings (SSSR count). The number of hydrogen-bond acceptors (Lipinski definition) is 5. The predicted octanol–water partition coefficient (Wildman–Crippen LogP) is 4.59. The molecule has 0 bridgehead atoms. The average molecular weight is 320 g/mol. The molecule has 0 aliphatic rings. The van der Waals surface area contributed by atoms with Crippen LogP contribution < -0.4 is 15.4 Å². The van der Waals surface area contributed by atoms with E-state index in [1.807, 2.05) is 62.4 Å². The van der Waals surface area contributed by atoms with Crippen LogP contribution in [0.5, 0.6) is 5.75 Å². The van der Waals surface area contributed by atoms with Crippen molar-refractivity contribution >= 4 is 23.1 Å². The number of hydrogen-bond donors (Lipinski definition) is 2. The molecule has 3 aromatic rings. The molecule has 2 N–H and O–H groups in total. The van der Waals surface area contributed by atoms with Gasteiger partial charge in [-0.1, -0.05) is 18.2 Å². The lowest BCUT2D eigenvalue weighted by Gasteiger charge is -2.12. The Bertz CT molecular complexity index is 834. The van der Waals surface area contributed by atoms with Crippen LogP contribution >= 0.6 is 0 Å². The molecule has 0 aliphatic heterocycles. The molecule has 0 aliphatic carbocycles. The predicted molar refractivity (Wildman–Crippen MR) is 97.5 cm³/mol. The van der Waals surface area contributed by atoms with Gasteiger partial charge in [-0.3, -0.25) is 0 Å². The molecule has 0 atom stereocenters. The highest BCUT2D eigenvalue weighted by Gasteiger charge is 2.06. The molecule has 2 aromatic carbocycles. The van der Waals surface area contributed by atoms with Crippen molar-refractivity contribution in [3.8, 4) is 5.75 Å². The molecular formula is C19H20N4O. The average Bonchev–Trinajstić information content (AvgIpc) is 2.59. The van der Waals surface area contributed by atoms with Gasteiger partial charge in [0.1, 0.15) is 11.6 Å². The molecule has 5 nitrogen and oxygen atoms in total. The van der Waals surface area contributed by atoms with Crippen molar-refractivity contribution in [2.45, 2.75) is 13.8 Å². The van der Waals surface area contributed by atoms with Crippen LogP contribution in [-0.2, 0) is 0 Å². The number of rotatable bonds is 5. The van der Waals surface area contributed by atoms with E-state index in [-0.39, 0.29) is 0 Å². The second kappa shape index (κ2) is 7.00. The van der Waals surface area contributed by atoms with Crippen molar-refractivity contribution < 1.29 is 4.74 Å². The summed E-state index contributed by atoms with van der Waals surface area (Å²) in [6.45, 7) is 3.98. The fourth-order valence-electron chi connectivity index (χ4n) is 2.37. The third-order valence-corrected chi connectivity index (χ3v) is 3.66. The molecule has 24 heavy (non-hydrogen) atoms. The zero-order valence-corrected chi connectivity index (χ0v) is 14.0. The van der Waals surface area contributed by atoms with Crippen LogP contribution in [0.4, 0.5) is 23.1 Å². The maximum Gasteiger partial charge on any atom is 0.229 e. The van der Waals surface area contributed by atoms with Gasteiger partial charge in [0.05, 0.1) is 7.11 Å². The van der Waals surface area contributed by atoms with Crippen molar-refractivity contribution in [1.29, 1.82) is 0 Å². The third-order valence-electron chi connectivity index (χ3n) is 3.66. The lowest BCUT2D eigenvalue weighted by Crippen LogP contribution is -2.03. The van der Waals surface area contributed by atoms with Crippen molar-refractivity contribution in [3.05, 3.63) is 65.9 Å². The van der Waals surface area contributed by atoms with E-state index in [4.69, 9.17) is 4.74 Å². The molecular weight excluding hydrogens is 300 g/mol. The fraction of sp³-hybridized carbons (Fsp3) is 0.158. The molecule has 0 amide bonds. The summed E-state index contributed by atoms with van der Waals surface area (Å²) in [5.41, 5.74) is 3.95. The first-order chi connectivity index (χ1) is 11.7. The maximum absolute atomic E-state index is 5.28. The Morgan fingerprint density at radius 2 is 1.67 bits per heavy atom. The normalized spacial score (nSPS) is 10.3. The van der Waals surface area contributed by atoms with Crippen LogP contribution in [0.25, 0.3) is 0 Å². The van der Waals surface area contributed by atoms with Gasteiger partial charge in [0, 0.05) is 23.1 Å². The van der Waals surface area contributed by atoms with Crippen molar-refractivity contribution in [3.63, 3.8) is 0 Å². The first kappa shape index (κ1) is 15.8. The lowest BCUT2D eigenvalue weighted by atomic mass is 10.2. The number of nitrogens with one attached hydrogen (secondary N) is 2. The van der Waals surface area contributed by atoms with E-state index in [0.717, 1.165) is 34.1 Å². The molecule has 122 valence electrons. The zero-order chi connectivity index (χ0) is 16.9. The SMILES string of the molecule is COc1ccc(Nc2ncc(C)c(Nc3ccccc3)n2)cc1C. The summed E-state index contributed by atoms with van der Waals surface area (Å²) in [5, 5.41) is 6.55. The van der Waals surface area contributed by atoms with Crippen molar-refractivity contribution in [1.82, 2.24) is 9.97 Å². The number of methoxy groups -OCH3 is 1. The molecule has 0 fully saturated rings. The van der Waals surface area contributed by atoms with Crippen LogP contribution in [0.1, 0.15) is 11.1 Å². The monoisotopic (exact) mass is 320 g/mol. The standard InChI is InChI=1S/C19H20N4O/c1-13-11-16(9-10-17(13)24-3)22-19-20-12-14(2)18(23-19)21-15-7-5-4-6-8-15/h4-12H,1-3H3,(H2,20,21,22,23). The Balaban J connectivity index is 1.82. The van der Waals surface area contributed by atoms with Crippen LogP contribution in [0, 0.1) is 13.8 Å². The number of nitrogens with zero attached hydrogens (tertiary/aromatic N) is 2. The van der Waals surface area contributed by atoms with E-state index in [0.29, 0.717) is 5.95 Å². The van der Waals surface area contributed by atoms with Crippen LogP contribution in [-0.4, -0.2) is 17.1 Å². The molecule has 0 saturated carbocycles. The van der Waals surface area contributed by atoms with E-state index >= 15 is 0 Å². The number of aromatic nitrogens is 2. The Morgan fingerprint density at radius 3 is 2.38 bits per heavy atom. The lowest BCUT2D eigenvalue weighted by molar-refractivity contribution is 0.412. The van der Waals surface area contributed by atoms with Gasteiger partial charge in [-0.05, 0) is 49.7 Å². The minimum absolute atomic E-state index is 0.545. The van der Waals surface area contributed by atoms with Crippen LogP contribution in [0.3, 0.4) is 0 Å². The second-order valence-electron chi connectivity index (χ2n) is 5.53. The van der Waals surface area contributed by atoms with E-state index in [1.54, 1.807) is 13.3 Å². The van der Waals surface area contributed by atoms with Gasteiger partial charge in [0.15, 0.2) is 0 Å². The number of anilines is 4. The summed E-state index contributed by atoms with van der Waals surface area (Å²) >= 11 is 0. The molecule has 1 heterocycles. The highest BCUT2D eigenvalue weighted by atomic mass is 16.5. The molecule has 0 unspecified atom stereocenters. The molecule has 0 radical (unpaired) electrons. The largest absolute Gasteiger partial charge is 0.496 e. The van der Waals surface area contributed by atoms with E-state index in [2.05, 4.69) is 20.6 Å². The quantitative estimate of drug-likeness (QED) is 0.720.